The molecule has 4 heterocycles. The molecule has 0 bridgehead atoms. The van der Waals surface area contributed by atoms with Gasteiger partial charge in [-0.3, -0.25) is 29.5 Å². The molecule has 0 amide bonds. The summed E-state index contributed by atoms with van der Waals surface area (Å²) in [5, 5.41) is 29.5. The van der Waals surface area contributed by atoms with E-state index < -0.39 is 26.0 Å². The fraction of sp³-hybridized carbons (Fsp3) is 0.0633. The molecule has 4 aromatic heterocycles. The van der Waals surface area contributed by atoms with Crippen LogP contribution in [-0.4, -0.2) is 81.2 Å². The van der Waals surface area contributed by atoms with E-state index in [1.165, 1.54) is 61.8 Å². The van der Waals surface area contributed by atoms with Crippen LogP contribution in [0.2, 0.25) is 0 Å². The maximum atomic E-state index is 12.8. The van der Waals surface area contributed by atoms with E-state index in [0.717, 1.165) is 61.6 Å². The van der Waals surface area contributed by atoms with E-state index in [-0.39, 0.29) is 161 Å². The number of carbonyl (C=O) groups excluding carboxylic acids is 1. The number of aliphatic carboxylic acids is 1. The standard InChI is InChI=1S/2C20H15N2O3S.C13H12BO3.C13H11O.2C5H5N.C2H4O2.CH2O3.2K.2Pd.S8.H/c2*1-25-16-9-11-17(12-10-16)26(23,24)22-18-6-2-4-14-7-8-15-5-3-13-21-20(15)19(14)18;15-14-17-13-8-4-7-12(9-13)16-10-11-5-2-1-3-6-11;1-3-7-12(8-4-1)11-14-13-9-5-2-6-10-13;2*1-2-4-6-5-3-1;1-2(3)4;2-1-4-3;;;;;1-3-5-7-8-6-4-2;/h2*2-13H,1H3;1-9,15H,10H2;1-5,7-10H,11H2;2*1-5H;1H3,(H,3,4);1,3H;;;;;;/q2*-1;;-1;;;;;2*+1;;+2;;-1/p-1. The van der Waals surface area contributed by atoms with Crippen molar-refractivity contribution in [2.24, 2.45) is 0 Å². The molecule has 0 atom stereocenters. The van der Waals surface area contributed by atoms with Crippen molar-refractivity contribution in [1.29, 1.82) is 0 Å². The molecular weight excluding hydrogens is 1900 g/mol. The van der Waals surface area contributed by atoms with Crippen LogP contribution in [0.3, 0.4) is 0 Å². The molecule has 36 heteroatoms. The maximum absolute atomic E-state index is 12.8. The number of rotatable bonds is 17. The zero-order valence-corrected chi connectivity index (χ0v) is 79.2. The second kappa shape index (κ2) is 61.9. The van der Waals surface area contributed by atoms with Crippen LogP contribution in [0.4, 0.5) is 11.4 Å². The first-order valence-electron chi connectivity index (χ1n) is 32.2. The fourth-order valence-corrected chi connectivity index (χ4v) is 22.1. The topological polar surface area (TPSA) is 301 Å². The van der Waals surface area contributed by atoms with Gasteiger partial charge in [0.1, 0.15) is 49.7 Å². The molecule has 21 nitrogen and oxygen atoms in total. The average Bonchev–Trinajstić information content (AvgIpc) is 0.775. The van der Waals surface area contributed by atoms with E-state index >= 15 is 0 Å². The van der Waals surface area contributed by atoms with Crippen LogP contribution in [-0.2, 0) is 164 Å². The summed E-state index contributed by atoms with van der Waals surface area (Å²) in [7, 11) is 5.12. The van der Waals surface area contributed by atoms with E-state index in [0.29, 0.717) is 55.3 Å². The number of nitrogens with zero attached hydrogens (tertiary/aromatic N) is 6. The Bertz CT molecular complexity index is 5340. The normalized spacial score (nSPS) is 9.54. The number of carbonyl (C=O) groups is 2. The van der Waals surface area contributed by atoms with Crippen LogP contribution < -0.4 is 132 Å². The smallest absolute Gasteiger partial charge is 1.00 e. The van der Waals surface area contributed by atoms with Gasteiger partial charge in [0.15, 0.2) is 0 Å². The van der Waals surface area contributed by atoms with Crippen molar-refractivity contribution in [2.45, 2.75) is 29.9 Å². The molecule has 0 aliphatic rings. The number of hydrogen-bond donors (Lipinski definition) is 2. The van der Waals surface area contributed by atoms with E-state index in [9.17, 15) is 16.8 Å². The van der Waals surface area contributed by atoms with E-state index in [2.05, 4.69) is 62.7 Å². The van der Waals surface area contributed by atoms with Crippen molar-refractivity contribution in [1.82, 2.24) is 19.9 Å². The molecule has 591 valence electrons. The van der Waals surface area contributed by atoms with Crippen LogP contribution in [0.1, 0.15) is 19.5 Å². The van der Waals surface area contributed by atoms with E-state index in [4.69, 9.17) is 48.6 Å². The van der Waals surface area contributed by atoms with Gasteiger partial charge in [-0.25, -0.2) is 16.8 Å². The predicted octanol–water partition coefficient (Wildman–Crippen LogP) is 9.60. The molecule has 0 fully saturated rings. The van der Waals surface area contributed by atoms with Crippen molar-refractivity contribution in [3.8, 4) is 28.7 Å². The minimum Gasteiger partial charge on any atom is -1.00 e. The minimum absolute atomic E-state index is 0. The number of carboxylic acids is 1. The molecule has 14 rings (SSSR count). The molecule has 14 aromatic rings. The fourth-order valence-electron chi connectivity index (χ4n) is 9.12. The van der Waals surface area contributed by atoms with Gasteiger partial charge in [0.2, 0.25) is 0 Å². The van der Waals surface area contributed by atoms with Gasteiger partial charge in [-0.2, -0.15) is 18.2 Å². The number of hydrogen-bond acceptors (Lipinski definition) is 20. The minimum atomic E-state index is -3.86. The zero-order chi connectivity index (χ0) is 79.6. The van der Waals surface area contributed by atoms with Crippen molar-refractivity contribution in [3.05, 3.63) is 343 Å². The van der Waals surface area contributed by atoms with Gasteiger partial charge in [0, 0.05) is 163 Å². The molecule has 0 unspecified atom stereocenters. The number of ether oxygens (including phenoxy) is 4. The number of sulfonamides is 2. The Morgan fingerprint density at radius 2 is 0.878 bits per heavy atom. The first-order chi connectivity index (χ1) is 54.1. The number of benzene rings is 10. The molecular formula is C79H69BK2N6O15Pd2S10-. The van der Waals surface area contributed by atoms with E-state index in [1.807, 2.05) is 188 Å². The third-order valence-corrected chi connectivity index (χ3v) is 27.5. The van der Waals surface area contributed by atoms with E-state index in [1.54, 1.807) is 139 Å². The van der Waals surface area contributed by atoms with Gasteiger partial charge in [-0.15, -0.1) is 23.5 Å². The molecule has 0 spiro atoms. The Labute approximate surface area is 809 Å². The summed E-state index contributed by atoms with van der Waals surface area (Å²) in [5.74, 6) is 2.44. The van der Waals surface area contributed by atoms with Gasteiger partial charge in [-0.1, -0.05) is 152 Å². The summed E-state index contributed by atoms with van der Waals surface area (Å²) in [4.78, 5) is 36.9. The summed E-state index contributed by atoms with van der Waals surface area (Å²) in [6.07, 6.45) is 10.4. The number of aromatic nitrogens is 4. The van der Waals surface area contributed by atoms with Crippen molar-refractivity contribution >= 4 is 171 Å². The van der Waals surface area contributed by atoms with Gasteiger partial charge in [0.25, 0.3) is 12.4 Å². The molecule has 10 aromatic carbocycles. The molecule has 0 saturated heterocycles. The van der Waals surface area contributed by atoms with Crippen LogP contribution >= 0.6 is 0 Å². The first kappa shape index (κ1) is 105. The maximum Gasteiger partial charge on any atom is 2.00 e. The number of carboxylic acid groups (broad SMARTS) is 1. The third-order valence-electron chi connectivity index (χ3n) is 13.8. The van der Waals surface area contributed by atoms with Crippen LogP contribution in [0.15, 0.2) is 326 Å². The Morgan fingerprint density at radius 3 is 1.23 bits per heavy atom. The molecule has 0 aliphatic carbocycles. The van der Waals surface area contributed by atoms with Crippen molar-refractivity contribution in [3.63, 3.8) is 0 Å². The molecule has 2 N–H and O–H groups in total. The summed E-state index contributed by atoms with van der Waals surface area (Å²) in [6.45, 7) is 2.02. The molecule has 0 saturated carbocycles. The molecule has 0 aliphatic heterocycles. The number of fused-ring (bicyclic) bond motifs is 6. The van der Waals surface area contributed by atoms with Gasteiger partial charge in [0.05, 0.1) is 41.7 Å². The Hall–Kier alpha value is -6.38. The number of methoxy groups -OCH3 is 2. The van der Waals surface area contributed by atoms with Crippen LogP contribution in [0.25, 0.3) is 52.8 Å². The van der Waals surface area contributed by atoms with Gasteiger partial charge in [-0.05, 0) is 130 Å². The van der Waals surface area contributed by atoms with Crippen LogP contribution in [0.5, 0.6) is 28.7 Å². The summed E-state index contributed by atoms with van der Waals surface area (Å²) >= 11 is 9.21. The average molecular weight is 1960 g/mol. The zero-order valence-electron chi connectivity index (χ0n) is 62.7. The SMILES string of the molecule is CC(=O)O.COc1ccc(S(=O)(=O)[N-]c2cccc3ccc4cccnc4c23)cc1.COc1ccc(S(=O)(=O)[N-]c2cccc3ccc4cccnc4c23)cc1.O=CO[O-].O[B]Oc1cccc(OCc2ccccc2)c1.S=S=S=S=S=S=S=S.[H-].[K+].[K+].[Pd+2].[Pd].[c-]1cccc(OCc2ccccc2)c1.c1ccncc1.c1ccncc1. The second-order valence-electron chi connectivity index (χ2n) is 21.2. The Morgan fingerprint density at radius 1 is 0.504 bits per heavy atom. The summed E-state index contributed by atoms with van der Waals surface area (Å²) in [5.41, 5.74) is 4.50. The first-order valence-corrected chi connectivity index (χ1v) is 44.4. The second-order valence-corrected chi connectivity index (χ2v) is 35.0. The predicted molar refractivity (Wildman–Crippen MR) is 456 cm³/mol. The molecule has 115 heavy (non-hydrogen) atoms. The van der Waals surface area contributed by atoms with Gasteiger partial charge >= 0.3 is 131 Å². The monoisotopic (exact) mass is 1960 g/mol. The Balaban J connectivity index is 0.000000696. The van der Waals surface area contributed by atoms with Crippen LogP contribution in [0, 0.1) is 6.07 Å². The Kier molecular flexibility index (Phi) is 56.3. The molecule has 1 radical (unpaired) electrons. The largest absolute Gasteiger partial charge is 2.00 e. The summed E-state index contributed by atoms with van der Waals surface area (Å²) < 4.78 is 85.3. The number of pyridine rings is 4. The summed E-state index contributed by atoms with van der Waals surface area (Å²) in [6, 6.07) is 87.6. The van der Waals surface area contributed by atoms with Crippen molar-refractivity contribution < 1.29 is 215 Å². The quantitative estimate of drug-likeness (QED) is 0.0214. The van der Waals surface area contributed by atoms with Crippen molar-refractivity contribution in [2.75, 3.05) is 14.2 Å². The van der Waals surface area contributed by atoms with Gasteiger partial charge < -0.3 is 54.7 Å². The third kappa shape index (κ3) is 40.3.